The molecule has 0 spiro atoms. The molecule has 0 fully saturated rings. The SMILES string of the molecule is Cc1ccc(CNc2ccc(Cl)cc2N)cn1. The summed E-state index contributed by atoms with van der Waals surface area (Å²) >= 11 is 5.83. The van der Waals surface area contributed by atoms with Crippen molar-refractivity contribution in [1.82, 2.24) is 4.98 Å². The fraction of sp³-hybridized carbons (Fsp3) is 0.154. The lowest BCUT2D eigenvalue weighted by Crippen LogP contribution is -2.02. The van der Waals surface area contributed by atoms with Crippen molar-refractivity contribution in [2.75, 3.05) is 11.1 Å². The topological polar surface area (TPSA) is 50.9 Å². The quantitative estimate of drug-likeness (QED) is 0.819. The number of aryl methyl sites for hydroxylation is 1. The molecule has 0 amide bonds. The van der Waals surface area contributed by atoms with Crippen LogP contribution in [0.4, 0.5) is 11.4 Å². The Balaban J connectivity index is 2.04. The van der Waals surface area contributed by atoms with Gasteiger partial charge in [-0.05, 0) is 36.8 Å². The maximum Gasteiger partial charge on any atom is 0.0577 e. The number of hydrogen-bond donors (Lipinski definition) is 2. The molecule has 0 aliphatic rings. The molecular weight excluding hydrogens is 234 g/mol. The van der Waals surface area contributed by atoms with Crippen LogP contribution in [0.15, 0.2) is 36.5 Å². The summed E-state index contributed by atoms with van der Waals surface area (Å²) in [6.07, 6.45) is 1.86. The third-order valence-corrected chi connectivity index (χ3v) is 2.70. The summed E-state index contributed by atoms with van der Waals surface area (Å²) in [7, 11) is 0. The summed E-state index contributed by atoms with van der Waals surface area (Å²) in [5, 5.41) is 3.90. The minimum atomic E-state index is 0.644. The lowest BCUT2D eigenvalue weighted by Gasteiger charge is -2.09. The number of nitrogens with two attached hydrogens (primary N) is 1. The number of halogens is 1. The molecule has 3 nitrogen and oxygen atoms in total. The zero-order chi connectivity index (χ0) is 12.3. The van der Waals surface area contributed by atoms with Gasteiger partial charge in [0.15, 0.2) is 0 Å². The van der Waals surface area contributed by atoms with Crippen molar-refractivity contribution in [3.63, 3.8) is 0 Å². The predicted octanol–water partition coefficient (Wildman–Crippen LogP) is 3.24. The Labute approximate surface area is 106 Å². The van der Waals surface area contributed by atoms with Crippen molar-refractivity contribution in [2.45, 2.75) is 13.5 Å². The summed E-state index contributed by atoms with van der Waals surface area (Å²) in [6.45, 7) is 2.66. The molecule has 0 atom stereocenters. The van der Waals surface area contributed by atoms with Crippen LogP contribution in [0.5, 0.6) is 0 Å². The Morgan fingerprint density at radius 3 is 2.76 bits per heavy atom. The van der Waals surface area contributed by atoms with Gasteiger partial charge in [0.05, 0.1) is 11.4 Å². The summed E-state index contributed by atoms with van der Waals surface area (Å²) in [5.74, 6) is 0. The second-order valence-electron chi connectivity index (χ2n) is 3.89. The average Bonchev–Trinajstić information content (AvgIpc) is 2.30. The molecule has 2 aromatic rings. The van der Waals surface area contributed by atoms with Crippen molar-refractivity contribution in [3.05, 3.63) is 52.8 Å². The van der Waals surface area contributed by atoms with E-state index in [1.807, 2.05) is 37.4 Å². The van der Waals surface area contributed by atoms with Gasteiger partial charge in [-0.1, -0.05) is 17.7 Å². The molecule has 88 valence electrons. The van der Waals surface area contributed by atoms with Gasteiger partial charge in [0.1, 0.15) is 0 Å². The Bertz CT molecular complexity index is 509. The van der Waals surface area contributed by atoms with Gasteiger partial charge in [-0.2, -0.15) is 0 Å². The number of nitrogen functional groups attached to an aromatic ring is 1. The van der Waals surface area contributed by atoms with Crippen molar-refractivity contribution in [2.24, 2.45) is 0 Å². The van der Waals surface area contributed by atoms with E-state index in [1.165, 1.54) is 0 Å². The van der Waals surface area contributed by atoms with Crippen LogP contribution >= 0.6 is 11.6 Å². The standard InChI is InChI=1S/C13H14ClN3/c1-9-2-3-10(7-16-9)8-17-13-5-4-11(14)6-12(13)15/h2-7,17H,8,15H2,1H3. The predicted molar refractivity (Wildman–Crippen MR) is 72.2 cm³/mol. The summed E-state index contributed by atoms with van der Waals surface area (Å²) in [4.78, 5) is 4.24. The van der Waals surface area contributed by atoms with Crippen LogP contribution in [0, 0.1) is 6.92 Å². The van der Waals surface area contributed by atoms with E-state index in [-0.39, 0.29) is 0 Å². The maximum atomic E-state index is 5.85. The Kier molecular flexibility index (Phi) is 3.49. The number of benzene rings is 1. The largest absolute Gasteiger partial charge is 0.397 e. The van der Waals surface area contributed by atoms with E-state index in [2.05, 4.69) is 10.3 Å². The summed E-state index contributed by atoms with van der Waals surface area (Å²) in [6, 6.07) is 9.45. The molecule has 0 radical (unpaired) electrons. The fourth-order valence-electron chi connectivity index (χ4n) is 1.49. The molecule has 4 heteroatoms. The Morgan fingerprint density at radius 1 is 1.29 bits per heavy atom. The highest BCUT2D eigenvalue weighted by atomic mass is 35.5. The normalized spacial score (nSPS) is 10.2. The van der Waals surface area contributed by atoms with Crippen molar-refractivity contribution in [1.29, 1.82) is 0 Å². The third kappa shape index (κ3) is 3.11. The molecule has 0 aliphatic carbocycles. The van der Waals surface area contributed by atoms with Crippen LogP contribution in [0.1, 0.15) is 11.3 Å². The zero-order valence-electron chi connectivity index (χ0n) is 9.57. The van der Waals surface area contributed by atoms with Crippen LogP contribution in [0.3, 0.4) is 0 Å². The van der Waals surface area contributed by atoms with Crippen molar-refractivity contribution >= 4 is 23.0 Å². The highest BCUT2D eigenvalue weighted by Gasteiger charge is 2.00. The number of rotatable bonds is 3. The lowest BCUT2D eigenvalue weighted by atomic mass is 10.2. The minimum absolute atomic E-state index is 0.644. The fourth-order valence-corrected chi connectivity index (χ4v) is 1.68. The van der Waals surface area contributed by atoms with Crippen LogP contribution in [-0.4, -0.2) is 4.98 Å². The number of anilines is 2. The first-order chi connectivity index (χ1) is 8.15. The van der Waals surface area contributed by atoms with E-state index >= 15 is 0 Å². The van der Waals surface area contributed by atoms with Crippen LogP contribution < -0.4 is 11.1 Å². The number of nitrogens with one attached hydrogen (secondary N) is 1. The first-order valence-electron chi connectivity index (χ1n) is 5.35. The minimum Gasteiger partial charge on any atom is -0.397 e. The average molecular weight is 248 g/mol. The van der Waals surface area contributed by atoms with Crippen LogP contribution in [-0.2, 0) is 6.54 Å². The second kappa shape index (κ2) is 5.06. The van der Waals surface area contributed by atoms with Gasteiger partial charge in [-0.15, -0.1) is 0 Å². The lowest BCUT2D eigenvalue weighted by molar-refractivity contribution is 1.09. The van der Waals surface area contributed by atoms with E-state index in [9.17, 15) is 0 Å². The molecule has 0 aliphatic heterocycles. The molecule has 0 bridgehead atoms. The number of nitrogens with zero attached hydrogens (tertiary/aromatic N) is 1. The Hall–Kier alpha value is -1.74. The number of aromatic nitrogens is 1. The van der Waals surface area contributed by atoms with Gasteiger partial charge in [0.25, 0.3) is 0 Å². The van der Waals surface area contributed by atoms with Gasteiger partial charge in [-0.25, -0.2) is 0 Å². The van der Waals surface area contributed by atoms with Gasteiger partial charge in [-0.3, -0.25) is 4.98 Å². The highest BCUT2D eigenvalue weighted by Crippen LogP contribution is 2.23. The molecular formula is C13H14ClN3. The first kappa shape index (κ1) is 11.7. The van der Waals surface area contributed by atoms with E-state index in [4.69, 9.17) is 17.3 Å². The summed E-state index contributed by atoms with van der Waals surface area (Å²) in [5.41, 5.74) is 9.51. The molecule has 1 aromatic heterocycles. The van der Waals surface area contributed by atoms with E-state index in [0.717, 1.165) is 16.9 Å². The Morgan fingerprint density at radius 2 is 2.12 bits per heavy atom. The summed E-state index contributed by atoms with van der Waals surface area (Å²) < 4.78 is 0. The number of hydrogen-bond acceptors (Lipinski definition) is 3. The van der Waals surface area contributed by atoms with Gasteiger partial charge >= 0.3 is 0 Å². The van der Waals surface area contributed by atoms with Gasteiger partial charge in [0, 0.05) is 23.5 Å². The molecule has 1 heterocycles. The van der Waals surface area contributed by atoms with Crippen LogP contribution in [0.25, 0.3) is 0 Å². The smallest absolute Gasteiger partial charge is 0.0577 e. The maximum absolute atomic E-state index is 5.85. The van der Waals surface area contributed by atoms with Gasteiger partial charge in [0.2, 0.25) is 0 Å². The van der Waals surface area contributed by atoms with E-state index in [1.54, 1.807) is 6.07 Å². The van der Waals surface area contributed by atoms with Crippen molar-refractivity contribution < 1.29 is 0 Å². The molecule has 3 N–H and O–H groups in total. The second-order valence-corrected chi connectivity index (χ2v) is 4.33. The van der Waals surface area contributed by atoms with E-state index < -0.39 is 0 Å². The molecule has 1 aromatic carbocycles. The third-order valence-electron chi connectivity index (χ3n) is 2.47. The van der Waals surface area contributed by atoms with Crippen LogP contribution in [0.2, 0.25) is 5.02 Å². The molecule has 17 heavy (non-hydrogen) atoms. The zero-order valence-corrected chi connectivity index (χ0v) is 10.3. The molecule has 0 saturated heterocycles. The molecule has 0 saturated carbocycles. The molecule has 0 unspecified atom stereocenters. The van der Waals surface area contributed by atoms with E-state index in [0.29, 0.717) is 17.3 Å². The first-order valence-corrected chi connectivity index (χ1v) is 5.73. The van der Waals surface area contributed by atoms with Crippen molar-refractivity contribution in [3.8, 4) is 0 Å². The molecule has 2 rings (SSSR count). The number of pyridine rings is 1. The monoisotopic (exact) mass is 247 g/mol. The van der Waals surface area contributed by atoms with Gasteiger partial charge < -0.3 is 11.1 Å². The highest BCUT2D eigenvalue weighted by molar-refractivity contribution is 6.31.